The molecule has 0 aromatic heterocycles. The zero-order valence-electron chi connectivity index (χ0n) is 10.2. The van der Waals surface area contributed by atoms with Gasteiger partial charge in [0.2, 0.25) is 0 Å². The molecule has 1 fully saturated rings. The first-order valence-corrected chi connectivity index (χ1v) is 6.20. The van der Waals surface area contributed by atoms with Gasteiger partial charge in [0.25, 0.3) is 0 Å². The number of aryl methyl sites for hydroxylation is 1. The number of aliphatic hydroxyl groups excluding tert-OH is 1. The van der Waals surface area contributed by atoms with Gasteiger partial charge in [0.05, 0.1) is 6.61 Å². The zero-order chi connectivity index (χ0) is 11.5. The molecule has 1 aromatic carbocycles. The molecule has 0 amide bonds. The molecule has 1 saturated heterocycles. The van der Waals surface area contributed by atoms with Crippen LogP contribution in [-0.2, 0) is 6.61 Å². The fraction of sp³-hybridized carbons (Fsp3) is 0.571. The third-order valence-corrected chi connectivity index (χ3v) is 3.61. The van der Waals surface area contributed by atoms with Crippen molar-refractivity contribution >= 4 is 5.69 Å². The first-order chi connectivity index (χ1) is 7.74. The second-order valence-electron chi connectivity index (χ2n) is 4.80. The van der Waals surface area contributed by atoms with E-state index < -0.39 is 0 Å². The van der Waals surface area contributed by atoms with Crippen LogP contribution in [0.4, 0.5) is 5.69 Å². The minimum atomic E-state index is 0.143. The van der Waals surface area contributed by atoms with Crippen LogP contribution in [0.3, 0.4) is 0 Å². The predicted molar refractivity (Wildman–Crippen MR) is 67.7 cm³/mol. The van der Waals surface area contributed by atoms with Gasteiger partial charge in [-0.15, -0.1) is 0 Å². The lowest BCUT2D eigenvalue weighted by atomic mass is 10.1. The monoisotopic (exact) mass is 219 g/mol. The summed E-state index contributed by atoms with van der Waals surface area (Å²) in [6.45, 7) is 6.75. The van der Waals surface area contributed by atoms with Gasteiger partial charge < -0.3 is 10.0 Å². The van der Waals surface area contributed by atoms with Gasteiger partial charge in [-0.25, -0.2) is 0 Å². The Hall–Kier alpha value is -1.02. The molecule has 1 aromatic rings. The van der Waals surface area contributed by atoms with E-state index in [1.165, 1.54) is 24.1 Å². The summed E-state index contributed by atoms with van der Waals surface area (Å²) in [5.74, 6) is 0.827. The lowest BCUT2D eigenvalue weighted by Gasteiger charge is -2.21. The molecule has 0 aliphatic carbocycles. The maximum absolute atomic E-state index is 9.40. The molecule has 16 heavy (non-hydrogen) atoms. The van der Waals surface area contributed by atoms with E-state index in [4.69, 9.17) is 0 Å². The Morgan fingerprint density at radius 2 is 2.25 bits per heavy atom. The van der Waals surface area contributed by atoms with E-state index in [0.717, 1.165) is 24.6 Å². The van der Waals surface area contributed by atoms with E-state index in [1.54, 1.807) is 0 Å². The van der Waals surface area contributed by atoms with Gasteiger partial charge in [-0.2, -0.15) is 0 Å². The van der Waals surface area contributed by atoms with E-state index >= 15 is 0 Å². The van der Waals surface area contributed by atoms with Crippen LogP contribution in [0.1, 0.15) is 30.9 Å². The highest BCUT2D eigenvalue weighted by Crippen LogP contribution is 2.29. The van der Waals surface area contributed by atoms with E-state index in [1.807, 2.05) is 0 Å². The van der Waals surface area contributed by atoms with Crippen LogP contribution in [0.25, 0.3) is 0 Å². The molecular weight excluding hydrogens is 198 g/mol. The Balaban J connectivity index is 2.20. The van der Waals surface area contributed by atoms with Crippen LogP contribution in [0, 0.1) is 12.8 Å². The highest BCUT2D eigenvalue weighted by Gasteiger charge is 2.22. The van der Waals surface area contributed by atoms with Crippen molar-refractivity contribution in [2.24, 2.45) is 5.92 Å². The highest BCUT2D eigenvalue weighted by molar-refractivity contribution is 5.55. The van der Waals surface area contributed by atoms with Gasteiger partial charge in [0, 0.05) is 24.3 Å². The maximum atomic E-state index is 9.40. The summed E-state index contributed by atoms with van der Waals surface area (Å²) in [5.41, 5.74) is 3.51. The number of benzene rings is 1. The van der Waals surface area contributed by atoms with Gasteiger partial charge in [-0.05, 0) is 25.3 Å². The third-order valence-electron chi connectivity index (χ3n) is 3.61. The molecule has 88 valence electrons. The van der Waals surface area contributed by atoms with Crippen LogP contribution in [0.2, 0.25) is 0 Å². The molecule has 2 nitrogen and oxygen atoms in total. The Kier molecular flexibility index (Phi) is 3.49. The summed E-state index contributed by atoms with van der Waals surface area (Å²) in [6, 6.07) is 6.38. The quantitative estimate of drug-likeness (QED) is 0.845. The van der Waals surface area contributed by atoms with Crippen molar-refractivity contribution in [1.29, 1.82) is 0 Å². The van der Waals surface area contributed by atoms with Crippen LogP contribution in [-0.4, -0.2) is 18.2 Å². The van der Waals surface area contributed by atoms with Crippen LogP contribution < -0.4 is 4.90 Å². The molecule has 1 N–H and O–H groups in total. The minimum Gasteiger partial charge on any atom is -0.392 e. The summed E-state index contributed by atoms with van der Waals surface area (Å²) in [5, 5.41) is 9.40. The largest absolute Gasteiger partial charge is 0.392 e. The van der Waals surface area contributed by atoms with Crippen molar-refractivity contribution in [3.63, 3.8) is 0 Å². The van der Waals surface area contributed by atoms with E-state index in [-0.39, 0.29) is 6.61 Å². The average molecular weight is 219 g/mol. The number of aliphatic hydroxyl groups is 1. The fourth-order valence-corrected chi connectivity index (χ4v) is 2.53. The minimum absolute atomic E-state index is 0.143. The standard InChI is InChI=1S/C14H21NO/c1-3-12-6-7-15(9-12)14-5-4-11(2)8-13(14)10-16/h4-5,8,12,16H,3,6-7,9-10H2,1-2H3. The molecule has 2 rings (SSSR count). The first kappa shape index (κ1) is 11.5. The molecule has 1 unspecified atom stereocenters. The first-order valence-electron chi connectivity index (χ1n) is 6.20. The summed E-state index contributed by atoms with van der Waals surface area (Å²) in [4.78, 5) is 2.42. The lowest BCUT2D eigenvalue weighted by Crippen LogP contribution is -2.21. The van der Waals surface area contributed by atoms with E-state index in [9.17, 15) is 5.11 Å². The van der Waals surface area contributed by atoms with Crippen LogP contribution in [0.5, 0.6) is 0 Å². The van der Waals surface area contributed by atoms with Gasteiger partial charge in [-0.1, -0.05) is 31.0 Å². The van der Waals surface area contributed by atoms with Crippen molar-refractivity contribution < 1.29 is 5.11 Å². The Morgan fingerprint density at radius 1 is 1.44 bits per heavy atom. The topological polar surface area (TPSA) is 23.5 Å². The molecule has 0 bridgehead atoms. The predicted octanol–water partition coefficient (Wildman–Crippen LogP) is 2.72. The summed E-state index contributed by atoms with van der Waals surface area (Å²) in [6.07, 6.45) is 2.55. The number of hydrogen-bond donors (Lipinski definition) is 1. The number of rotatable bonds is 3. The number of hydrogen-bond acceptors (Lipinski definition) is 2. The average Bonchev–Trinajstić information content (AvgIpc) is 2.77. The molecule has 0 spiro atoms. The van der Waals surface area contributed by atoms with Crippen LogP contribution >= 0.6 is 0 Å². The van der Waals surface area contributed by atoms with Crippen molar-refractivity contribution in [3.05, 3.63) is 29.3 Å². The molecule has 0 saturated carbocycles. The molecular formula is C14H21NO. The Bertz CT molecular complexity index is 362. The van der Waals surface area contributed by atoms with Crippen molar-refractivity contribution in [2.75, 3.05) is 18.0 Å². The number of anilines is 1. The van der Waals surface area contributed by atoms with Gasteiger partial charge in [0.1, 0.15) is 0 Å². The molecule has 1 atom stereocenters. The van der Waals surface area contributed by atoms with Gasteiger partial charge in [-0.3, -0.25) is 0 Å². The maximum Gasteiger partial charge on any atom is 0.0702 e. The zero-order valence-corrected chi connectivity index (χ0v) is 10.2. The summed E-state index contributed by atoms with van der Waals surface area (Å²) >= 11 is 0. The second kappa shape index (κ2) is 4.88. The van der Waals surface area contributed by atoms with Crippen LogP contribution in [0.15, 0.2) is 18.2 Å². The van der Waals surface area contributed by atoms with E-state index in [2.05, 4.69) is 36.9 Å². The third kappa shape index (κ3) is 2.22. The summed E-state index contributed by atoms with van der Waals surface area (Å²) < 4.78 is 0. The number of nitrogens with zero attached hydrogens (tertiary/aromatic N) is 1. The van der Waals surface area contributed by atoms with Crippen molar-refractivity contribution in [2.45, 2.75) is 33.3 Å². The molecule has 1 heterocycles. The van der Waals surface area contributed by atoms with Crippen molar-refractivity contribution in [3.8, 4) is 0 Å². The molecule has 0 radical (unpaired) electrons. The SMILES string of the molecule is CCC1CCN(c2ccc(C)cc2CO)C1. The Morgan fingerprint density at radius 3 is 2.88 bits per heavy atom. The van der Waals surface area contributed by atoms with E-state index in [0.29, 0.717) is 0 Å². The van der Waals surface area contributed by atoms with Crippen molar-refractivity contribution in [1.82, 2.24) is 0 Å². The summed E-state index contributed by atoms with van der Waals surface area (Å²) in [7, 11) is 0. The normalized spacial score (nSPS) is 20.4. The Labute approximate surface area is 97.9 Å². The lowest BCUT2D eigenvalue weighted by molar-refractivity contribution is 0.282. The fourth-order valence-electron chi connectivity index (χ4n) is 2.53. The van der Waals surface area contributed by atoms with Gasteiger partial charge in [0.15, 0.2) is 0 Å². The van der Waals surface area contributed by atoms with Gasteiger partial charge >= 0.3 is 0 Å². The smallest absolute Gasteiger partial charge is 0.0702 e. The molecule has 1 aliphatic heterocycles. The highest BCUT2D eigenvalue weighted by atomic mass is 16.3. The second-order valence-corrected chi connectivity index (χ2v) is 4.80. The molecule has 2 heteroatoms. The molecule has 1 aliphatic rings.